The van der Waals surface area contributed by atoms with Gasteiger partial charge in [0, 0.05) is 13.1 Å². The number of nitrogens with one attached hydrogen (secondary N) is 1. The summed E-state index contributed by atoms with van der Waals surface area (Å²) in [7, 11) is -3.29. The number of rotatable bonds is 5. The second-order valence-corrected chi connectivity index (χ2v) is 7.31. The van der Waals surface area contributed by atoms with Gasteiger partial charge in [-0.25, -0.2) is 12.7 Å². The maximum absolute atomic E-state index is 12.0. The van der Waals surface area contributed by atoms with E-state index in [0.29, 0.717) is 19.4 Å². The van der Waals surface area contributed by atoms with Crippen molar-refractivity contribution in [2.24, 2.45) is 5.92 Å². The Morgan fingerprint density at radius 2 is 2.00 bits per heavy atom. The van der Waals surface area contributed by atoms with E-state index in [-0.39, 0.29) is 25.7 Å². The lowest BCUT2D eigenvalue weighted by Crippen LogP contribution is -2.55. The molecule has 1 rings (SSSR count). The number of aliphatic hydroxyl groups is 2. The molecule has 1 aliphatic heterocycles. The van der Waals surface area contributed by atoms with Crippen LogP contribution < -0.4 is 5.32 Å². The number of piperidine rings is 1. The molecule has 7 nitrogen and oxygen atoms in total. The first-order valence-corrected chi connectivity index (χ1v) is 8.05. The smallest absolute Gasteiger partial charge is 0.225 e. The summed E-state index contributed by atoms with van der Waals surface area (Å²) in [6, 6.07) is 0. The zero-order chi connectivity index (χ0) is 14.7. The van der Waals surface area contributed by atoms with E-state index in [4.69, 9.17) is 10.2 Å². The Bertz CT molecular complexity index is 419. The molecule has 0 aromatic heterocycles. The largest absolute Gasteiger partial charge is 0.394 e. The molecule has 3 N–H and O–H groups in total. The Morgan fingerprint density at radius 1 is 1.42 bits per heavy atom. The highest BCUT2D eigenvalue weighted by molar-refractivity contribution is 7.88. The van der Waals surface area contributed by atoms with Gasteiger partial charge in [-0.15, -0.1) is 0 Å². The van der Waals surface area contributed by atoms with Crippen LogP contribution in [-0.4, -0.2) is 66.9 Å². The third kappa shape index (κ3) is 4.41. The zero-order valence-corrected chi connectivity index (χ0v) is 12.1. The van der Waals surface area contributed by atoms with Crippen LogP contribution in [0, 0.1) is 5.92 Å². The van der Waals surface area contributed by atoms with Crippen molar-refractivity contribution >= 4 is 15.9 Å². The predicted octanol–water partition coefficient (Wildman–Crippen LogP) is -1.48. The topological polar surface area (TPSA) is 107 Å². The molecule has 1 heterocycles. The summed E-state index contributed by atoms with van der Waals surface area (Å²) in [5.74, 6) is -0.778. The minimum absolute atomic E-state index is 0.150. The lowest BCUT2D eigenvalue weighted by atomic mass is 9.96. The molecule has 0 bridgehead atoms. The van der Waals surface area contributed by atoms with Crippen molar-refractivity contribution in [1.82, 2.24) is 9.62 Å². The number of carbonyl (C=O) groups is 1. The first-order valence-electron chi connectivity index (χ1n) is 6.21. The van der Waals surface area contributed by atoms with E-state index >= 15 is 0 Å². The third-order valence-corrected chi connectivity index (χ3v) is 4.62. The lowest BCUT2D eigenvalue weighted by molar-refractivity contribution is -0.129. The van der Waals surface area contributed by atoms with Crippen LogP contribution in [0.3, 0.4) is 0 Å². The standard InChI is InChI=1S/C11H22N2O5S/c1-11(7-14,8-15)12-10(16)9-4-3-5-13(6-9)19(2,17)18/h9,14-15H,3-8H2,1-2H3,(H,12,16). The van der Waals surface area contributed by atoms with E-state index in [1.165, 1.54) is 11.2 Å². The Hall–Kier alpha value is -0.700. The van der Waals surface area contributed by atoms with Crippen LogP contribution in [0.25, 0.3) is 0 Å². The van der Waals surface area contributed by atoms with E-state index in [0.717, 1.165) is 6.26 Å². The quantitative estimate of drug-likeness (QED) is 0.573. The molecule has 1 aliphatic rings. The fraction of sp³-hybridized carbons (Fsp3) is 0.909. The molecule has 0 aliphatic carbocycles. The number of nitrogens with zero attached hydrogens (tertiary/aromatic N) is 1. The van der Waals surface area contributed by atoms with Crippen LogP contribution in [0.2, 0.25) is 0 Å². The SMILES string of the molecule is CC(CO)(CO)NC(=O)C1CCCN(S(C)(=O)=O)C1. The molecule has 112 valence electrons. The molecule has 1 atom stereocenters. The molecule has 8 heteroatoms. The highest BCUT2D eigenvalue weighted by Gasteiger charge is 2.33. The van der Waals surface area contributed by atoms with Crippen LogP contribution in [0.4, 0.5) is 0 Å². The van der Waals surface area contributed by atoms with Gasteiger partial charge in [-0.3, -0.25) is 4.79 Å². The van der Waals surface area contributed by atoms with Crippen molar-refractivity contribution in [1.29, 1.82) is 0 Å². The first kappa shape index (κ1) is 16.4. The summed E-state index contributed by atoms with van der Waals surface area (Å²) in [6.07, 6.45) is 2.35. The van der Waals surface area contributed by atoms with E-state index in [1.54, 1.807) is 0 Å². The molecule has 19 heavy (non-hydrogen) atoms. The molecule has 1 saturated heterocycles. The van der Waals surface area contributed by atoms with Crippen molar-refractivity contribution in [2.45, 2.75) is 25.3 Å². The minimum atomic E-state index is -3.29. The highest BCUT2D eigenvalue weighted by Crippen LogP contribution is 2.19. The molecule has 0 radical (unpaired) electrons. The van der Waals surface area contributed by atoms with Crippen molar-refractivity contribution in [3.8, 4) is 0 Å². The van der Waals surface area contributed by atoms with Gasteiger partial charge in [-0.05, 0) is 19.8 Å². The van der Waals surface area contributed by atoms with Gasteiger partial charge in [0.1, 0.15) is 0 Å². The summed E-state index contributed by atoms with van der Waals surface area (Å²) in [6.45, 7) is 1.36. The monoisotopic (exact) mass is 294 g/mol. The van der Waals surface area contributed by atoms with Gasteiger partial charge in [0.25, 0.3) is 0 Å². The van der Waals surface area contributed by atoms with Crippen molar-refractivity contribution in [3.05, 3.63) is 0 Å². The predicted molar refractivity (Wildman–Crippen MR) is 69.9 cm³/mol. The fourth-order valence-corrected chi connectivity index (χ4v) is 2.90. The van der Waals surface area contributed by atoms with E-state index in [9.17, 15) is 13.2 Å². The Labute approximate surface area is 113 Å². The van der Waals surface area contributed by atoms with Gasteiger partial charge in [0.15, 0.2) is 0 Å². The van der Waals surface area contributed by atoms with E-state index in [1.807, 2.05) is 0 Å². The molecule has 0 aromatic carbocycles. The number of carbonyl (C=O) groups excluding carboxylic acids is 1. The fourth-order valence-electron chi connectivity index (χ4n) is 1.99. The maximum atomic E-state index is 12.0. The van der Waals surface area contributed by atoms with Gasteiger partial charge in [0.05, 0.1) is 30.9 Å². The summed E-state index contributed by atoms with van der Waals surface area (Å²) in [5.41, 5.74) is -1.08. The first-order chi connectivity index (χ1) is 8.72. The molecular weight excluding hydrogens is 272 g/mol. The Kier molecular flexibility index (Phi) is 5.31. The second-order valence-electron chi connectivity index (χ2n) is 5.33. The van der Waals surface area contributed by atoms with Crippen LogP contribution in [0.15, 0.2) is 0 Å². The summed E-state index contributed by atoms with van der Waals surface area (Å²) in [4.78, 5) is 12.0. The van der Waals surface area contributed by atoms with Crippen LogP contribution >= 0.6 is 0 Å². The lowest BCUT2D eigenvalue weighted by Gasteiger charge is -2.33. The normalized spacial score (nSPS) is 22.2. The number of hydrogen-bond acceptors (Lipinski definition) is 5. The average molecular weight is 294 g/mol. The van der Waals surface area contributed by atoms with Crippen molar-refractivity contribution < 1.29 is 23.4 Å². The van der Waals surface area contributed by atoms with E-state index in [2.05, 4.69) is 5.32 Å². The summed E-state index contributed by atoms with van der Waals surface area (Å²) < 4.78 is 24.2. The third-order valence-electron chi connectivity index (χ3n) is 3.35. The Balaban J connectivity index is 2.68. The van der Waals surface area contributed by atoms with Gasteiger partial charge in [-0.2, -0.15) is 0 Å². The Morgan fingerprint density at radius 3 is 2.47 bits per heavy atom. The highest BCUT2D eigenvalue weighted by atomic mass is 32.2. The summed E-state index contributed by atoms with van der Waals surface area (Å²) >= 11 is 0. The molecular formula is C11H22N2O5S. The number of amides is 1. The zero-order valence-electron chi connectivity index (χ0n) is 11.3. The average Bonchev–Trinajstić information content (AvgIpc) is 2.37. The van der Waals surface area contributed by atoms with Crippen molar-refractivity contribution in [3.63, 3.8) is 0 Å². The van der Waals surface area contributed by atoms with Gasteiger partial charge < -0.3 is 15.5 Å². The number of aliphatic hydroxyl groups excluding tert-OH is 2. The minimum Gasteiger partial charge on any atom is -0.394 e. The van der Waals surface area contributed by atoms with Crippen LogP contribution in [-0.2, 0) is 14.8 Å². The summed E-state index contributed by atoms with van der Waals surface area (Å²) in [5, 5.41) is 20.8. The molecule has 1 fully saturated rings. The molecule has 1 amide bonds. The molecule has 0 saturated carbocycles. The molecule has 0 spiro atoms. The second kappa shape index (κ2) is 6.17. The molecule has 0 aromatic rings. The van der Waals surface area contributed by atoms with Gasteiger partial charge in [-0.1, -0.05) is 0 Å². The van der Waals surface area contributed by atoms with Crippen LogP contribution in [0.5, 0.6) is 0 Å². The number of hydrogen-bond donors (Lipinski definition) is 3. The van der Waals surface area contributed by atoms with Gasteiger partial charge >= 0.3 is 0 Å². The molecule has 1 unspecified atom stereocenters. The van der Waals surface area contributed by atoms with E-state index < -0.39 is 21.5 Å². The maximum Gasteiger partial charge on any atom is 0.225 e. The van der Waals surface area contributed by atoms with Gasteiger partial charge in [0.2, 0.25) is 15.9 Å². The number of sulfonamides is 1. The van der Waals surface area contributed by atoms with Crippen molar-refractivity contribution in [2.75, 3.05) is 32.6 Å². The van der Waals surface area contributed by atoms with Crippen LogP contribution in [0.1, 0.15) is 19.8 Å².